The van der Waals surface area contributed by atoms with Crippen molar-refractivity contribution in [3.63, 3.8) is 0 Å². The predicted octanol–water partition coefficient (Wildman–Crippen LogP) is 8.11. The molecule has 1 rings (SSSR count). The van der Waals surface area contributed by atoms with Gasteiger partial charge in [0.15, 0.2) is 4.34 Å². The number of thioether (sulfide) groups is 1. The van der Waals surface area contributed by atoms with E-state index in [0.717, 1.165) is 15.2 Å². The molecule has 0 aromatic carbocycles. The summed E-state index contributed by atoms with van der Waals surface area (Å²) in [6.45, 7) is 2.29. The third kappa shape index (κ3) is 16.8. The Labute approximate surface area is 188 Å². The van der Waals surface area contributed by atoms with Gasteiger partial charge in [-0.05, 0) is 6.42 Å². The zero-order chi connectivity index (χ0) is 21.0. The SMILES string of the molecule is CCCCCCCCCCCCCCCCCCSc1nnc(N=CN(C)C)s1. The molecule has 6 heteroatoms. The second kappa shape index (κ2) is 19.3. The minimum absolute atomic E-state index is 0.744. The summed E-state index contributed by atoms with van der Waals surface area (Å²) < 4.78 is 1.04. The van der Waals surface area contributed by atoms with Crippen molar-refractivity contribution in [1.29, 1.82) is 0 Å². The first-order valence-corrected chi connectivity index (χ1v) is 13.7. The van der Waals surface area contributed by atoms with Gasteiger partial charge in [0.05, 0.1) is 6.34 Å². The van der Waals surface area contributed by atoms with Crippen LogP contribution in [0, 0.1) is 0 Å². The molecule has 0 saturated carbocycles. The molecule has 0 aliphatic carbocycles. The van der Waals surface area contributed by atoms with Gasteiger partial charge in [-0.25, -0.2) is 4.99 Å². The molecule has 0 fully saturated rings. The Morgan fingerprint density at radius 1 is 0.759 bits per heavy atom. The molecule has 168 valence electrons. The highest BCUT2D eigenvalue weighted by Gasteiger charge is 2.03. The van der Waals surface area contributed by atoms with E-state index in [2.05, 4.69) is 22.1 Å². The highest BCUT2D eigenvalue weighted by Crippen LogP contribution is 2.28. The van der Waals surface area contributed by atoms with Gasteiger partial charge in [0, 0.05) is 19.8 Å². The predicted molar refractivity (Wildman–Crippen MR) is 132 cm³/mol. The molecular formula is C23H44N4S2. The van der Waals surface area contributed by atoms with Crippen LogP contribution >= 0.6 is 23.1 Å². The minimum atomic E-state index is 0.744. The molecule has 0 N–H and O–H groups in total. The fourth-order valence-electron chi connectivity index (χ4n) is 3.29. The van der Waals surface area contributed by atoms with E-state index in [9.17, 15) is 0 Å². The summed E-state index contributed by atoms with van der Waals surface area (Å²) in [7, 11) is 3.91. The molecule has 4 nitrogen and oxygen atoms in total. The molecule has 0 radical (unpaired) electrons. The highest BCUT2D eigenvalue weighted by atomic mass is 32.2. The smallest absolute Gasteiger partial charge is 0.233 e. The zero-order valence-electron chi connectivity index (χ0n) is 19.2. The first kappa shape index (κ1) is 26.4. The maximum atomic E-state index is 4.29. The van der Waals surface area contributed by atoms with Gasteiger partial charge in [-0.3, -0.25) is 0 Å². The molecule has 1 heterocycles. The molecule has 0 unspecified atom stereocenters. The van der Waals surface area contributed by atoms with Crippen molar-refractivity contribution in [1.82, 2.24) is 15.1 Å². The molecule has 29 heavy (non-hydrogen) atoms. The molecular weight excluding hydrogens is 396 g/mol. The number of nitrogens with zero attached hydrogens (tertiary/aromatic N) is 4. The van der Waals surface area contributed by atoms with Crippen molar-refractivity contribution >= 4 is 34.6 Å². The van der Waals surface area contributed by atoms with E-state index >= 15 is 0 Å². The molecule has 0 amide bonds. The van der Waals surface area contributed by atoms with Crippen molar-refractivity contribution in [3.05, 3.63) is 0 Å². The van der Waals surface area contributed by atoms with Crippen LogP contribution in [0.15, 0.2) is 9.33 Å². The summed E-state index contributed by atoms with van der Waals surface area (Å²) in [6.07, 6.45) is 24.5. The molecule has 1 aromatic rings. The Morgan fingerprint density at radius 3 is 1.72 bits per heavy atom. The van der Waals surface area contributed by atoms with Gasteiger partial charge in [0.2, 0.25) is 5.13 Å². The largest absolute Gasteiger partial charge is 0.369 e. The molecule has 1 aromatic heterocycles. The average Bonchev–Trinajstić information content (AvgIpc) is 3.16. The topological polar surface area (TPSA) is 41.4 Å². The lowest BCUT2D eigenvalue weighted by atomic mass is 10.0. The standard InChI is InChI=1S/C23H44N4S2/c1-4-5-6-7-8-9-10-11-12-13-14-15-16-17-18-19-20-28-23-26-25-22(29-23)24-21-27(2)3/h21H,4-20H2,1-3H3. The molecule has 0 saturated heterocycles. The van der Waals surface area contributed by atoms with Gasteiger partial charge in [0.1, 0.15) is 0 Å². The van der Waals surface area contributed by atoms with Crippen LogP contribution in [0.4, 0.5) is 5.13 Å². The Balaban J connectivity index is 1.80. The van der Waals surface area contributed by atoms with E-state index in [-0.39, 0.29) is 0 Å². The number of hydrogen-bond acceptors (Lipinski definition) is 5. The summed E-state index contributed by atoms with van der Waals surface area (Å²) >= 11 is 3.40. The summed E-state index contributed by atoms with van der Waals surface area (Å²) in [4.78, 5) is 6.19. The fourth-order valence-corrected chi connectivity index (χ4v) is 5.04. The van der Waals surface area contributed by atoms with Gasteiger partial charge >= 0.3 is 0 Å². The van der Waals surface area contributed by atoms with E-state index in [4.69, 9.17) is 0 Å². The lowest BCUT2D eigenvalue weighted by Crippen LogP contribution is -2.06. The number of aromatic nitrogens is 2. The van der Waals surface area contributed by atoms with Gasteiger partial charge in [0.25, 0.3) is 0 Å². The van der Waals surface area contributed by atoms with Crippen molar-refractivity contribution in [2.45, 2.75) is 114 Å². The van der Waals surface area contributed by atoms with Gasteiger partial charge in [-0.15, -0.1) is 10.2 Å². The molecule has 0 spiro atoms. The van der Waals surface area contributed by atoms with Crippen LogP contribution < -0.4 is 0 Å². The Morgan fingerprint density at radius 2 is 1.24 bits per heavy atom. The van der Waals surface area contributed by atoms with Crippen molar-refractivity contribution in [2.75, 3.05) is 19.8 Å². The summed E-state index contributed by atoms with van der Waals surface area (Å²) in [5.74, 6) is 1.14. The van der Waals surface area contributed by atoms with Crippen LogP contribution in [-0.2, 0) is 0 Å². The molecule has 0 aliphatic rings. The summed E-state index contributed by atoms with van der Waals surface area (Å²) in [6, 6.07) is 0. The summed E-state index contributed by atoms with van der Waals surface area (Å²) in [5.41, 5.74) is 0. The van der Waals surface area contributed by atoms with Gasteiger partial charge in [-0.2, -0.15) is 0 Å². The Bertz CT molecular complexity index is 503. The lowest BCUT2D eigenvalue weighted by Gasteiger charge is -2.03. The van der Waals surface area contributed by atoms with Crippen LogP contribution in [0.5, 0.6) is 0 Å². The van der Waals surface area contributed by atoms with Crippen molar-refractivity contribution < 1.29 is 0 Å². The van der Waals surface area contributed by atoms with E-state index in [1.165, 1.54) is 103 Å². The minimum Gasteiger partial charge on any atom is -0.369 e. The molecule has 0 aliphatic heterocycles. The number of unbranched alkanes of at least 4 members (excludes halogenated alkanes) is 15. The van der Waals surface area contributed by atoms with Crippen LogP contribution in [0.25, 0.3) is 0 Å². The molecule has 0 atom stereocenters. The normalized spacial score (nSPS) is 11.6. The lowest BCUT2D eigenvalue weighted by molar-refractivity contribution is 0.531. The van der Waals surface area contributed by atoms with E-state index in [1.807, 2.05) is 30.8 Å². The quantitative estimate of drug-likeness (QED) is 0.0888. The third-order valence-corrected chi connectivity index (χ3v) is 7.07. The van der Waals surface area contributed by atoms with Crippen LogP contribution in [0.1, 0.15) is 110 Å². The number of aliphatic imine (C=N–C) groups is 1. The zero-order valence-corrected chi connectivity index (χ0v) is 20.8. The summed E-state index contributed by atoms with van der Waals surface area (Å²) in [5, 5.41) is 9.05. The first-order valence-electron chi connectivity index (χ1n) is 11.9. The van der Waals surface area contributed by atoms with E-state index in [0.29, 0.717) is 0 Å². The van der Waals surface area contributed by atoms with Crippen LogP contribution in [-0.4, -0.2) is 41.3 Å². The second-order valence-corrected chi connectivity index (χ2v) is 10.5. The van der Waals surface area contributed by atoms with E-state index in [1.54, 1.807) is 17.7 Å². The maximum absolute atomic E-state index is 4.29. The average molecular weight is 441 g/mol. The number of rotatable bonds is 20. The fraction of sp³-hybridized carbons (Fsp3) is 0.870. The van der Waals surface area contributed by atoms with Gasteiger partial charge < -0.3 is 4.90 Å². The highest BCUT2D eigenvalue weighted by molar-refractivity contribution is 8.01. The van der Waals surface area contributed by atoms with Crippen molar-refractivity contribution in [2.24, 2.45) is 4.99 Å². The van der Waals surface area contributed by atoms with Crippen molar-refractivity contribution in [3.8, 4) is 0 Å². The van der Waals surface area contributed by atoms with E-state index < -0.39 is 0 Å². The Kier molecular flexibility index (Phi) is 17.6. The second-order valence-electron chi connectivity index (χ2n) is 8.21. The Hall–Kier alpha value is -0.620. The van der Waals surface area contributed by atoms with Crippen LogP contribution in [0.2, 0.25) is 0 Å². The van der Waals surface area contributed by atoms with Crippen LogP contribution in [0.3, 0.4) is 0 Å². The van der Waals surface area contributed by atoms with Gasteiger partial charge in [-0.1, -0.05) is 126 Å². The number of hydrogen-bond donors (Lipinski definition) is 0. The maximum Gasteiger partial charge on any atom is 0.233 e. The third-order valence-electron chi connectivity index (χ3n) is 5.02. The first-order chi connectivity index (χ1) is 14.2. The molecule has 0 bridgehead atoms. The monoisotopic (exact) mass is 440 g/mol.